The van der Waals surface area contributed by atoms with Crippen molar-refractivity contribution < 1.29 is 9.53 Å². The molecule has 0 radical (unpaired) electrons. The number of rotatable bonds is 5. The fraction of sp³-hybridized carbons (Fsp3) is 0.316. The van der Waals surface area contributed by atoms with Crippen LogP contribution in [0.4, 0.5) is 5.69 Å². The number of nitrogens with one attached hydrogen (secondary N) is 1. The molecule has 114 valence electrons. The van der Waals surface area contributed by atoms with Crippen molar-refractivity contribution in [1.82, 2.24) is 0 Å². The predicted octanol–water partition coefficient (Wildman–Crippen LogP) is 4.61. The van der Waals surface area contributed by atoms with Crippen molar-refractivity contribution >= 4 is 11.5 Å². The first kappa shape index (κ1) is 14.6. The molecule has 1 N–H and O–H groups in total. The van der Waals surface area contributed by atoms with Crippen LogP contribution in [0, 0.1) is 0 Å². The monoisotopic (exact) mass is 295 g/mol. The van der Waals surface area contributed by atoms with Gasteiger partial charge in [0.25, 0.3) is 0 Å². The highest BCUT2D eigenvalue weighted by atomic mass is 16.5. The SMILES string of the molecule is CCCCOc1cccc(C2CC(=O)c3ccccc3N2)c1. The van der Waals surface area contributed by atoms with Crippen molar-refractivity contribution in [3.8, 4) is 5.75 Å². The first-order valence-corrected chi connectivity index (χ1v) is 7.89. The molecule has 0 spiro atoms. The van der Waals surface area contributed by atoms with Crippen LogP contribution >= 0.6 is 0 Å². The summed E-state index contributed by atoms with van der Waals surface area (Å²) < 4.78 is 5.76. The van der Waals surface area contributed by atoms with Gasteiger partial charge in [-0.1, -0.05) is 37.6 Å². The van der Waals surface area contributed by atoms with Gasteiger partial charge in [0, 0.05) is 17.7 Å². The zero-order chi connectivity index (χ0) is 15.4. The number of fused-ring (bicyclic) bond motifs is 1. The Bertz CT molecular complexity index is 666. The standard InChI is InChI=1S/C19H21NO2/c1-2-3-11-22-15-8-6-7-14(12-15)18-13-19(21)16-9-4-5-10-17(16)20-18/h4-10,12,18,20H,2-3,11,13H2,1H3. The van der Waals surface area contributed by atoms with Gasteiger partial charge in [0.1, 0.15) is 5.75 Å². The molecule has 3 rings (SSSR count). The number of unbranched alkanes of at least 4 members (excludes halogenated alkanes) is 1. The molecule has 3 nitrogen and oxygen atoms in total. The predicted molar refractivity (Wildman–Crippen MR) is 88.6 cm³/mol. The molecule has 0 saturated heterocycles. The second-order valence-electron chi connectivity index (χ2n) is 5.64. The van der Waals surface area contributed by atoms with E-state index in [1.54, 1.807) is 0 Å². The zero-order valence-corrected chi connectivity index (χ0v) is 12.8. The van der Waals surface area contributed by atoms with E-state index in [-0.39, 0.29) is 11.8 Å². The van der Waals surface area contributed by atoms with Crippen LogP contribution in [-0.4, -0.2) is 12.4 Å². The molecule has 1 aliphatic heterocycles. The van der Waals surface area contributed by atoms with Crippen LogP contribution in [0.1, 0.15) is 48.1 Å². The Hall–Kier alpha value is -2.29. The van der Waals surface area contributed by atoms with E-state index in [2.05, 4.69) is 12.2 Å². The Kier molecular flexibility index (Phi) is 4.42. The van der Waals surface area contributed by atoms with Gasteiger partial charge in [-0.2, -0.15) is 0 Å². The number of anilines is 1. The molecular formula is C19H21NO2. The van der Waals surface area contributed by atoms with Gasteiger partial charge in [-0.25, -0.2) is 0 Å². The molecule has 0 aliphatic carbocycles. The average Bonchev–Trinajstić information content (AvgIpc) is 2.55. The quantitative estimate of drug-likeness (QED) is 0.819. The largest absolute Gasteiger partial charge is 0.494 e. The molecule has 0 amide bonds. The number of carbonyl (C=O) groups is 1. The van der Waals surface area contributed by atoms with Crippen molar-refractivity contribution in [2.45, 2.75) is 32.2 Å². The molecule has 1 heterocycles. The Morgan fingerprint density at radius 1 is 1.18 bits per heavy atom. The minimum Gasteiger partial charge on any atom is -0.494 e. The Labute approximate surface area is 131 Å². The lowest BCUT2D eigenvalue weighted by Gasteiger charge is -2.26. The Morgan fingerprint density at radius 3 is 2.91 bits per heavy atom. The van der Waals surface area contributed by atoms with Gasteiger partial charge in [0.2, 0.25) is 0 Å². The van der Waals surface area contributed by atoms with Crippen molar-refractivity contribution in [1.29, 1.82) is 0 Å². The minimum atomic E-state index is 0.0112. The first-order valence-electron chi connectivity index (χ1n) is 7.89. The number of Topliss-reactive ketones (excluding diaryl/α,β-unsaturated/α-hetero) is 1. The van der Waals surface area contributed by atoms with E-state index in [1.807, 2.05) is 48.5 Å². The van der Waals surface area contributed by atoms with Crippen LogP contribution in [0.3, 0.4) is 0 Å². The van der Waals surface area contributed by atoms with Crippen LogP contribution in [0.15, 0.2) is 48.5 Å². The lowest BCUT2D eigenvalue weighted by atomic mass is 9.92. The highest BCUT2D eigenvalue weighted by Gasteiger charge is 2.25. The average molecular weight is 295 g/mol. The maximum Gasteiger partial charge on any atom is 0.167 e. The Balaban J connectivity index is 1.78. The molecule has 0 bridgehead atoms. The summed E-state index contributed by atoms with van der Waals surface area (Å²) in [6.07, 6.45) is 2.66. The molecule has 22 heavy (non-hydrogen) atoms. The third kappa shape index (κ3) is 3.14. The van der Waals surface area contributed by atoms with Crippen LogP contribution in [0.5, 0.6) is 5.75 Å². The minimum absolute atomic E-state index is 0.0112. The number of ketones is 1. The fourth-order valence-corrected chi connectivity index (χ4v) is 2.74. The van der Waals surface area contributed by atoms with E-state index in [0.29, 0.717) is 6.42 Å². The number of hydrogen-bond acceptors (Lipinski definition) is 3. The summed E-state index contributed by atoms with van der Waals surface area (Å²) in [4.78, 5) is 12.3. The van der Waals surface area contributed by atoms with E-state index in [9.17, 15) is 4.79 Å². The number of benzene rings is 2. The summed E-state index contributed by atoms with van der Waals surface area (Å²) in [6, 6.07) is 15.7. The van der Waals surface area contributed by atoms with Gasteiger partial charge in [0.05, 0.1) is 12.6 Å². The molecule has 0 fully saturated rings. The maximum atomic E-state index is 12.3. The molecule has 0 aromatic heterocycles. The molecule has 1 aliphatic rings. The fourth-order valence-electron chi connectivity index (χ4n) is 2.74. The topological polar surface area (TPSA) is 38.3 Å². The van der Waals surface area contributed by atoms with E-state index in [4.69, 9.17) is 4.74 Å². The second kappa shape index (κ2) is 6.65. The lowest BCUT2D eigenvalue weighted by molar-refractivity contribution is 0.0972. The highest BCUT2D eigenvalue weighted by Crippen LogP contribution is 2.33. The molecule has 3 heteroatoms. The zero-order valence-electron chi connectivity index (χ0n) is 12.8. The van der Waals surface area contributed by atoms with Gasteiger partial charge in [-0.05, 0) is 36.2 Å². The molecule has 2 aromatic carbocycles. The third-order valence-corrected chi connectivity index (χ3v) is 3.97. The van der Waals surface area contributed by atoms with Crippen LogP contribution in [0.2, 0.25) is 0 Å². The summed E-state index contributed by atoms with van der Waals surface area (Å²) in [6.45, 7) is 2.88. The summed E-state index contributed by atoms with van der Waals surface area (Å²) in [5, 5.41) is 3.46. The normalized spacial score (nSPS) is 16.8. The summed E-state index contributed by atoms with van der Waals surface area (Å²) >= 11 is 0. The number of hydrogen-bond donors (Lipinski definition) is 1. The number of carbonyl (C=O) groups excluding carboxylic acids is 1. The number of para-hydroxylation sites is 1. The van der Waals surface area contributed by atoms with Crippen LogP contribution in [-0.2, 0) is 0 Å². The van der Waals surface area contributed by atoms with Crippen molar-refractivity contribution in [3.63, 3.8) is 0 Å². The summed E-state index contributed by atoms with van der Waals surface area (Å²) in [5.41, 5.74) is 2.80. The Morgan fingerprint density at radius 2 is 2.05 bits per heavy atom. The third-order valence-electron chi connectivity index (χ3n) is 3.97. The van der Waals surface area contributed by atoms with Crippen LogP contribution in [0.25, 0.3) is 0 Å². The van der Waals surface area contributed by atoms with Crippen molar-refractivity contribution in [2.24, 2.45) is 0 Å². The summed E-state index contributed by atoms with van der Waals surface area (Å²) in [5.74, 6) is 1.07. The lowest BCUT2D eigenvalue weighted by Crippen LogP contribution is -2.22. The molecular weight excluding hydrogens is 274 g/mol. The van der Waals surface area contributed by atoms with Gasteiger partial charge in [0.15, 0.2) is 5.78 Å². The van der Waals surface area contributed by atoms with Crippen LogP contribution < -0.4 is 10.1 Å². The van der Waals surface area contributed by atoms with Gasteiger partial charge in [-0.3, -0.25) is 4.79 Å². The van der Waals surface area contributed by atoms with E-state index >= 15 is 0 Å². The molecule has 1 atom stereocenters. The van der Waals surface area contributed by atoms with Gasteiger partial charge in [-0.15, -0.1) is 0 Å². The molecule has 2 aromatic rings. The highest BCUT2D eigenvalue weighted by molar-refractivity contribution is 6.03. The maximum absolute atomic E-state index is 12.3. The van der Waals surface area contributed by atoms with Gasteiger partial charge >= 0.3 is 0 Å². The van der Waals surface area contributed by atoms with E-state index < -0.39 is 0 Å². The van der Waals surface area contributed by atoms with Gasteiger partial charge < -0.3 is 10.1 Å². The van der Waals surface area contributed by atoms with E-state index in [1.165, 1.54) is 0 Å². The smallest absolute Gasteiger partial charge is 0.167 e. The second-order valence-corrected chi connectivity index (χ2v) is 5.64. The first-order chi connectivity index (χ1) is 10.8. The van der Waals surface area contributed by atoms with E-state index in [0.717, 1.165) is 42.0 Å². The van der Waals surface area contributed by atoms with Crippen molar-refractivity contribution in [2.75, 3.05) is 11.9 Å². The number of ether oxygens (including phenoxy) is 1. The van der Waals surface area contributed by atoms with Crippen molar-refractivity contribution in [3.05, 3.63) is 59.7 Å². The summed E-state index contributed by atoms with van der Waals surface area (Å²) in [7, 11) is 0. The molecule has 1 unspecified atom stereocenters. The molecule has 0 saturated carbocycles.